The van der Waals surface area contributed by atoms with Crippen molar-refractivity contribution in [3.8, 4) is 0 Å². The van der Waals surface area contributed by atoms with E-state index in [1.54, 1.807) is 0 Å². The highest BCUT2D eigenvalue weighted by Gasteiger charge is 2.09. The number of hydrogen-bond acceptors (Lipinski definition) is 6. The lowest BCUT2D eigenvalue weighted by molar-refractivity contribution is 0.0592. The van der Waals surface area contributed by atoms with Crippen LogP contribution in [0.3, 0.4) is 0 Å². The van der Waals surface area contributed by atoms with Crippen LogP contribution in [0.4, 0.5) is 0 Å². The van der Waals surface area contributed by atoms with E-state index >= 15 is 0 Å². The van der Waals surface area contributed by atoms with Gasteiger partial charge < -0.3 is 9.47 Å². The van der Waals surface area contributed by atoms with Crippen molar-refractivity contribution in [2.45, 2.75) is 0 Å². The molecule has 0 aliphatic carbocycles. The van der Waals surface area contributed by atoms with Gasteiger partial charge in [-0.05, 0) is 36.4 Å². The normalized spacial score (nSPS) is 10.4. The van der Waals surface area contributed by atoms with Gasteiger partial charge in [-0.3, -0.25) is 9.59 Å². The lowest BCUT2D eigenvalue weighted by atomic mass is 10.1. The summed E-state index contributed by atoms with van der Waals surface area (Å²) in [4.78, 5) is 46.9. The van der Waals surface area contributed by atoms with Gasteiger partial charge in [0.05, 0.1) is 25.3 Å². The predicted octanol–water partition coefficient (Wildman–Crippen LogP) is 2.88. The third kappa shape index (κ3) is 4.51. The molecule has 6 heteroatoms. The number of rotatable bonds is 6. The van der Waals surface area contributed by atoms with Crippen LogP contribution in [0.15, 0.2) is 60.7 Å². The van der Waals surface area contributed by atoms with Gasteiger partial charge in [-0.1, -0.05) is 24.3 Å². The van der Waals surface area contributed by atoms with Gasteiger partial charge in [0, 0.05) is 11.1 Å². The molecule has 6 nitrogen and oxygen atoms in total. The third-order valence-corrected chi connectivity index (χ3v) is 3.57. The van der Waals surface area contributed by atoms with Crippen molar-refractivity contribution in [3.63, 3.8) is 0 Å². The summed E-state index contributed by atoms with van der Waals surface area (Å²) in [6.07, 6.45) is 2.31. The van der Waals surface area contributed by atoms with E-state index in [-0.39, 0.29) is 11.6 Å². The van der Waals surface area contributed by atoms with Gasteiger partial charge in [0.2, 0.25) is 0 Å². The molecule has 0 saturated carbocycles. The number of hydrogen-bond donors (Lipinski definition) is 0. The van der Waals surface area contributed by atoms with E-state index in [2.05, 4.69) is 9.47 Å². The SMILES string of the molecule is COC(=O)c1ccc(C(=O)/C=C\C(=O)c2ccc(C(=O)OC)cc2)cc1. The fourth-order valence-electron chi connectivity index (χ4n) is 2.12. The standard InChI is InChI=1S/C20H16O6/c1-25-19(23)15-7-3-13(4-8-15)17(21)11-12-18(22)14-5-9-16(10-6-14)20(24)26-2/h3-12H,1-2H3/b12-11-. The van der Waals surface area contributed by atoms with Gasteiger partial charge in [0.1, 0.15) is 0 Å². The van der Waals surface area contributed by atoms with Crippen molar-refractivity contribution in [1.29, 1.82) is 0 Å². The molecule has 0 aromatic heterocycles. The Bertz CT molecular complexity index is 787. The fraction of sp³-hybridized carbons (Fsp3) is 0.100. The minimum Gasteiger partial charge on any atom is -0.465 e. The lowest BCUT2D eigenvalue weighted by Crippen LogP contribution is -2.03. The first-order valence-corrected chi connectivity index (χ1v) is 7.59. The van der Waals surface area contributed by atoms with Gasteiger partial charge in [-0.25, -0.2) is 9.59 Å². The highest BCUT2D eigenvalue weighted by molar-refractivity contribution is 6.12. The average molecular weight is 352 g/mol. The molecule has 2 rings (SSSR count). The zero-order chi connectivity index (χ0) is 19.1. The van der Waals surface area contributed by atoms with Crippen molar-refractivity contribution in [3.05, 3.63) is 82.9 Å². The molecule has 26 heavy (non-hydrogen) atoms. The summed E-state index contributed by atoms with van der Waals surface area (Å²) in [7, 11) is 2.54. The molecular formula is C20H16O6. The molecule has 0 N–H and O–H groups in total. The summed E-state index contributed by atoms with van der Waals surface area (Å²) in [5.41, 5.74) is 1.33. The van der Waals surface area contributed by atoms with E-state index < -0.39 is 11.9 Å². The zero-order valence-corrected chi connectivity index (χ0v) is 14.2. The quantitative estimate of drug-likeness (QED) is 0.451. The monoisotopic (exact) mass is 352 g/mol. The van der Waals surface area contributed by atoms with Crippen molar-refractivity contribution >= 4 is 23.5 Å². The van der Waals surface area contributed by atoms with E-state index in [9.17, 15) is 19.2 Å². The van der Waals surface area contributed by atoms with Gasteiger partial charge in [-0.15, -0.1) is 0 Å². The van der Waals surface area contributed by atoms with Crippen LogP contribution in [-0.4, -0.2) is 37.7 Å². The molecular weight excluding hydrogens is 336 g/mol. The van der Waals surface area contributed by atoms with Crippen LogP contribution in [0.5, 0.6) is 0 Å². The molecule has 2 aromatic carbocycles. The van der Waals surface area contributed by atoms with Crippen LogP contribution in [-0.2, 0) is 9.47 Å². The van der Waals surface area contributed by atoms with Crippen LogP contribution in [0.1, 0.15) is 41.4 Å². The van der Waals surface area contributed by atoms with E-state index in [1.165, 1.54) is 62.8 Å². The lowest BCUT2D eigenvalue weighted by Gasteiger charge is -2.01. The number of carbonyl (C=O) groups is 4. The van der Waals surface area contributed by atoms with Gasteiger partial charge in [-0.2, -0.15) is 0 Å². The number of ketones is 2. The molecule has 0 bridgehead atoms. The van der Waals surface area contributed by atoms with E-state index in [0.29, 0.717) is 22.3 Å². The Balaban J connectivity index is 2.06. The summed E-state index contributed by atoms with van der Waals surface area (Å²) >= 11 is 0. The van der Waals surface area contributed by atoms with Crippen molar-refractivity contribution in [1.82, 2.24) is 0 Å². The van der Waals surface area contributed by atoms with Gasteiger partial charge in [0.15, 0.2) is 11.6 Å². The maximum Gasteiger partial charge on any atom is 0.337 e. The number of esters is 2. The number of methoxy groups -OCH3 is 2. The molecule has 2 aromatic rings. The molecule has 0 fully saturated rings. The molecule has 132 valence electrons. The predicted molar refractivity (Wildman–Crippen MR) is 93.4 cm³/mol. The molecule has 0 radical (unpaired) electrons. The Morgan fingerprint density at radius 1 is 0.577 bits per heavy atom. The molecule has 0 unspecified atom stereocenters. The van der Waals surface area contributed by atoms with Crippen LogP contribution in [0.2, 0.25) is 0 Å². The Morgan fingerprint density at radius 3 is 1.12 bits per heavy atom. The second-order valence-corrected chi connectivity index (χ2v) is 5.20. The second-order valence-electron chi connectivity index (χ2n) is 5.20. The Morgan fingerprint density at radius 2 is 0.846 bits per heavy atom. The molecule has 0 atom stereocenters. The Hall–Kier alpha value is -3.54. The zero-order valence-electron chi connectivity index (χ0n) is 14.2. The molecule has 0 spiro atoms. The maximum atomic E-state index is 12.1. The highest BCUT2D eigenvalue weighted by atomic mass is 16.5. The van der Waals surface area contributed by atoms with Crippen molar-refractivity contribution < 1.29 is 28.7 Å². The second kappa shape index (κ2) is 8.53. The molecule has 0 saturated heterocycles. The fourth-order valence-corrected chi connectivity index (χ4v) is 2.12. The van der Waals surface area contributed by atoms with Crippen molar-refractivity contribution in [2.75, 3.05) is 14.2 Å². The van der Waals surface area contributed by atoms with E-state index in [1.807, 2.05) is 0 Å². The number of ether oxygens (including phenoxy) is 2. The first-order valence-electron chi connectivity index (χ1n) is 7.59. The highest BCUT2D eigenvalue weighted by Crippen LogP contribution is 2.09. The van der Waals surface area contributed by atoms with E-state index in [4.69, 9.17) is 0 Å². The van der Waals surface area contributed by atoms with Gasteiger partial charge in [0.25, 0.3) is 0 Å². The minimum absolute atomic E-state index is 0.329. The first-order chi connectivity index (χ1) is 12.5. The number of benzene rings is 2. The van der Waals surface area contributed by atoms with Crippen LogP contribution < -0.4 is 0 Å². The van der Waals surface area contributed by atoms with Crippen LogP contribution in [0.25, 0.3) is 0 Å². The van der Waals surface area contributed by atoms with E-state index in [0.717, 1.165) is 12.2 Å². The Labute approximate surface area is 150 Å². The average Bonchev–Trinajstić information content (AvgIpc) is 2.70. The van der Waals surface area contributed by atoms with Crippen molar-refractivity contribution in [2.24, 2.45) is 0 Å². The van der Waals surface area contributed by atoms with Crippen LogP contribution in [0, 0.1) is 0 Å². The number of carbonyl (C=O) groups excluding carboxylic acids is 4. The summed E-state index contributed by atoms with van der Waals surface area (Å²) in [6, 6.07) is 11.8. The maximum absolute atomic E-state index is 12.1. The summed E-state index contributed by atoms with van der Waals surface area (Å²) in [5.74, 6) is -1.74. The van der Waals surface area contributed by atoms with Gasteiger partial charge >= 0.3 is 11.9 Å². The molecule has 0 heterocycles. The third-order valence-electron chi connectivity index (χ3n) is 3.57. The van der Waals surface area contributed by atoms with Crippen LogP contribution >= 0.6 is 0 Å². The molecule has 0 aliphatic rings. The summed E-state index contributed by atoms with van der Waals surface area (Å²) in [6.45, 7) is 0. The summed E-state index contributed by atoms with van der Waals surface area (Å²) < 4.78 is 9.17. The first kappa shape index (κ1) is 18.8. The molecule has 0 amide bonds. The summed E-state index contributed by atoms with van der Waals surface area (Å²) in [5, 5.41) is 0. The Kier molecular flexibility index (Phi) is 6.16. The largest absolute Gasteiger partial charge is 0.465 e. The topological polar surface area (TPSA) is 86.7 Å². The minimum atomic E-state index is -0.495. The smallest absolute Gasteiger partial charge is 0.337 e. The molecule has 0 aliphatic heterocycles. The number of allylic oxidation sites excluding steroid dienone is 2.